The second-order valence-electron chi connectivity index (χ2n) is 6.25. The third-order valence-electron chi connectivity index (χ3n) is 3.95. The van der Waals surface area contributed by atoms with Gasteiger partial charge in [-0.05, 0) is 55.8 Å². The van der Waals surface area contributed by atoms with Crippen molar-refractivity contribution in [3.05, 3.63) is 70.8 Å². The molecule has 1 aromatic heterocycles. The van der Waals surface area contributed by atoms with Gasteiger partial charge in [0.05, 0.1) is 11.8 Å². The number of hydrogen-bond donors (Lipinski definition) is 1. The normalized spacial score (nSPS) is 13.0. The Balaban J connectivity index is 1.49. The van der Waals surface area contributed by atoms with Gasteiger partial charge in [0.2, 0.25) is 5.91 Å². The number of ether oxygens (including phenoxy) is 1. The van der Waals surface area contributed by atoms with Gasteiger partial charge in [0.1, 0.15) is 11.6 Å². The molecule has 0 aliphatic rings. The molecule has 3 aromatic rings. The lowest BCUT2D eigenvalue weighted by Crippen LogP contribution is -2.28. The van der Waals surface area contributed by atoms with Crippen molar-refractivity contribution < 1.29 is 18.3 Å². The number of amides is 1. The van der Waals surface area contributed by atoms with Gasteiger partial charge < -0.3 is 14.5 Å². The molecule has 2 aromatic carbocycles. The molecule has 0 fully saturated rings. The van der Waals surface area contributed by atoms with Crippen molar-refractivity contribution in [1.82, 2.24) is 15.5 Å². The maximum Gasteiger partial charge on any atom is 0.277 e. The number of halogens is 2. The molecule has 0 saturated carbocycles. The summed E-state index contributed by atoms with van der Waals surface area (Å²) < 4.78 is 24.1. The molecular weight excluding hydrogens is 417 g/mol. The molecule has 0 saturated heterocycles. The van der Waals surface area contributed by atoms with Crippen LogP contribution in [0, 0.1) is 5.82 Å². The minimum absolute atomic E-state index is 0.125. The van der Waals surface area contributed by atoms with E-state index in [4.69, 9.17) is 20.8 Å². The van der Waals surface area contributed by atoms with E-state index in [0.29, 0.717) is 10.8 Å². The van der Waals surface area contributed by atoms with Crippen molar-refractivity contribution in [2.75, 3.05) is 5.75 Å². The summed E-state index contributed by atoms with van der Waals surface area (Å²) in [4.78, 5) is 12.2. The zero-order valence-corrected chi connectivity index (χ0v) is 17.3. The number of aromatic nitrogens is 2. The average Bonchev–Trinajstić information content (AvgIpc) is 3.17. The molecule has 2 atom stereocenters. The van der Waals surface area contributed by atoms with Crippen LogP contribution >= 0.6 is 23.4 Å². The van der Waals surface area contributed by atoms with Crippen molar-refractivity contribution in [3.63, 3.8) is 0 Å². The van der Waals surface area contributed by atoms with E-state index in [1.54, 1.807) is 13.0 Å². The first kappa shape index (κ1) is 21.1. The number of rotatable bonds is 8. The highest BCUT2D eigenvalue weighted by molar-refractivity contribution is 7.99. The van der Waals surface area contributed by atoms with Crippen LogP contribution in [0.2, 0.25) is 5.02 Å². The highest BCUT2D eigenvalue weighted by Crippen LogP contribution is 2.24. The molecule has 0 bridgehead atoms. The van der Waals surface area contributed by atoms with Crippen molar-refractivity contribution in [2.24, 2.45) is 0 Å². The van der Waals surface area contributed by atoms with E-state index in [1.807, 2.05) is 25.1 Å². The average molecular weight is 436 g/mol. The molecule has 0 aliphatic heterocycles. The zero-order chi connectivity index (χ0) is 20.8. The SMILES string of the molecule is CC(NC(=O)CSc1nnc(C(C)Oc2ccc(F)cc2)o1)c1cccc(Cl)c1. The Labute approximate surface area is 176 Å². The lowest BCUT2D eigenvalue weighted by atomic mass is 10.1. The summed E-state index contributed by atoms with van der Waals surface area (Å²) in [6.07, 6.45) is -0.515. The van der Waals surface area contributed by atoms with E-state index in [9.17, 15) is 9.18 Å². The summed E-state index contributed by atoms with van der Waals surface area (Å²) >= 11 is 7.11. The van der Waals surface area contributed by atoms with Crippen LogP contribution in [0.1, 0.15) is 37.4 Å². The van der Waals surface area contributed by atoms with Crippen LogP contribution in [0.25, 0.3) is 0 Å². The largest absolute Gasteiger partial charge is 0.481 e. The van der Waals surface area contributed by atoms with Crippen LogP contribution in [0.5, 0.6) is 5.75 Å². The summed E-state index contributed by atoms with van der Waals surface area (Å²) in [6.45, 7) is 3.62. The highest BCUT2D eigenvalue weighted by Gasteiger charge is 2.17. The van der Waals surface area contributed by atoms with Crippen molar-refractivity contribution in [3.8, 4) is 5.75 Å². The van der Waals surface area contributed by atoms with E-state index in [2.05, 4.69) is 15.5 Å². The Kier molecular flexibility index (Phi) is 7.11. The molecule has 0 aliphatic carbocycles. The third kappa shape index (κ3) is 6.20. The number of hydrogen-bond acceptors (Lipinski definition) is 6. The molecule has 1 heterocycles. The van der Waals surface area contributed by atoms with Crippen LogP contribution < -0.4 is 10.1 Å². The van der Waals surface area contributed by atoms with Gasteiger partial charge >= 0.3 is 0 Å². The summed E-state index contributed by atoms with van der Waals surface area (Å²) in [5.41, 5.74) is 0.919. The fourth-order valence-corrected chi connectivity index (χ4v) is 3.26. The Bertz CT molecular complexity index is 968. The molecule has 2 unspecified atom stereocenters. The number of nitrogens with zero attached hydrogens (tertiary/aromatic N) is 2. The predicted octanol–water partition coefficient (Wildman–Crippen LogP) is 4.97. The lowest BCUT2D eigenvalue weighted by Gasteiger charge is -2.14. The second kappa shape index (κ2) is 9.76. The van der Waals surface area contributed by atoms with Crippen molar-refractivity contribution in [1.29, 1.82) is 0 Å². The topological polar surface area (TPSA) is 77.2 Å². The van der Waals surface area contributed by atoms with Crippen LogP contribution in [-0.4, -0.2) is 21.9 Å². The second-order valence-corrected chi connectivity index (χ2v) is 7.62. The fourth-order valence-electron chi connectivity index (χ4n) is 2.48. The Morgan fingerprint density at radius 2 is 2.00 bits per heavy atom. The van der Waals surface area contributed by atoms with Gasteiger partial charge in [-0.2, -0.15) is 0 Å². The molecule has 0 spiro atoms. The molecule has 6 nitrogen and oxygen atoms in total. The molecule has 1 amide bonds. The minimum Gasteiger partial charge on any atom is -0.481 e. The van der Waals surface area contributed by atoms with Crippen molar-refractivity contribution in [2.45, 2.75) is 31.2 Å². The number of benzene rings is 2. The fraction of sp³-hybridized carbons (Fsp3) is 0.250. The predicted molar refractivity (Wildman–Crippen MR) is 108 cm³/mol. The summed E-state index contributed by atoms with van der Waals surface area (Å²) in [5.74, 6) is 0.368. The van der Waals surface area contributed by atoms with E-state index in [-0.39, 0.29) is 34.6 Å². The Morgan fingerprint density at radius 3 is 2.72 bits per heavy atom. The number of carbonyl (C=O) groups excluding carboxylic acids is 1. The van der Waals surface area contributed by atoms with E-state index >= 15 is 0 Å². The van der Waals surface area contributed by atoms with E-state index in [1.165, 1.54) is 24.3 Å². The number of nitrogens with one attached hydrogen (secondary N) is 1. The third-order valence-corrected chi connectivity index (χ3v) is 5.00. The van der Waals surface area contributed by atoms with Gasteiger partial charge in [-0.1, -0.05) is 35.5 Å². The number of thioether (sulfide) groups is 1. The summed E-state index contributed by atoms with van der Waals surface area (Å²) in [5, 5.41) is 11.6. The first-order valence-corrected chi connectivity index (χ1v) is 10.2. The molecule has 152 valence electrons. The molecule has 29 heavy (non-hydrogen) atoms. The monoisotopic (exact) mass is 435 g/mol. The number of carbonyl (C=O) groups is 1. The van der Waals surface area contributed by atoms with Crippen LogP contribution in [0.15, 0.2) is 58.2 Å². The van der Waals surface area contributed by atoms with Crippen LogP contribution in [0.3, 0.4) is 0 Å². The van der Waals surface area contributed by atoms with Gasteiger partial charge in [-0.3, -0.25) is 4.79 Å². The summed E-state index contributed by atoms with van der Waals surface area (Å²) in [7, 11) is 0. The first-order chi connectivity index (χ1) is 13.9. The minimum atomic E-state index is -0.515. The zero-order valence-electron chi connectivity index (χ0n) is 15.8. The Morgan fingerprint density at radius 1 is 1.24 bits per heavy atom. The summed E-state index contributed by atoms with van der Waals surface area (Å²) in [6, 6.07) is 12.8. The van der Waals surface area contributed by atoms with E-state index in [0.717, 1.165) is 17.3 Å². The molecule has 0 radical (unpaired) electrons. The molecular formula is C20H19ClFN3O3S. The van der Waals surface area contributed by atoms with Gasteiger partial charge in [-0.15, -0.1) is 10.2 Å². The molecule has 9 heteroatoms. The van der Waals surface area contributed by atoms with Gasteiger partial charge in [0.25, 0.3) is 11.1 Å². The first-order valence-electron chi connectivity index (χ1n) is 8.84. The maximum atomic E-state index is 13.0. The smallest absolute Gasteiger partial charge is 0.277 e. The molecule has 1 N–H and O–H groups in total. The van der Waals surface area contributed by atoms with Crippen molar-refractivity contribution >= 4 is 29.3 Å². The van der Waals surface area contributed by atoms with Crippen LogP contribution in [-0.2, 0) is 4.79 Å². The Hall–Kier alpha value is -2.58. The van der Waals surface area contributed by atoms with E-state index < -0.39 is 6.10 Å². The van der Waals surface area contributed by atoms with Gasteiger partial charge in [0.15, 0.2) is 6.10 Å². The van der Waals surface area contributed by atoms with Crippen LogP contribution in [0.4, 0.5) is 4.39 Å². The lowest BCUT2D eigenvalue weighted by molar-refractivity contribution is -0.119. The standard InChI is InChI=1S/C20H19ClFN3O3S/c1-12(14-4-3-5-15(21)10-14)23-18(26)11-29-20-25-24-19(28-20)13(2)27-17-8-6-16(22)7-9-17/h3-10,12-13H,11H2,1-2H3,(H,23,26). The molecule has 3 rings (SSSR count). The highest BCUT2D eigenvalue weighted by atomic mass is 35.5. The quantitative estimate of drug-likeness (QED) is 0.503. The van der Waals surface area contributed by atoms with Gasteiger partial charge in [0, 0.05) is 5.02 Å². The maximum absolute atomic E-state index is 13.0. The van der Waals surface area contributed by atoms with Gasteiger partial charge in [-0.25, -0.2) is 4.39 Å².